The molecule has 0 atom stereocenters. The van der Waals surface area contributed by atoms with Crippen LogP contribution in [0.25, 0.3) is 0 Å². The summed E-state index contributed by atoms with van der Waals surface area (Å²) in [4.78, 5) is 7.40. The van der Waals surface area contributed by atoms with E-state index in [0.29, 0.717) is 11.6 Å². The Labute approximate surface area is 209 Å². The van der Waals surface area contributed by atoms with Gasteiger partial charge in [-0.15, -0.1) is 0 Å². The normalized spacial score (nSPS) is 15.3. The number of ether oxygens (including phenoxy) is 1. The minimum absolute atomic E-state index is 0.675. The molecule has 0 saturated carbocycles. The Kier molecular flexibility index (Phi) is 11.3. The summed E-state index contributed by atoms with van der Waals surface area (Å²) in [5.41, 5.74) is 2.45. The van der Waals surface area contributed by atoms with E-state index in [4.69, 9.17) is 27.9 Å². The third kappa shape index (κ3) is 9.08. The molecule has 0 bridgehead atoms. The zero-order chi connectivity index (χ0) is 23.5. The second kappa shape index (κ2) is 14.1. The molecule has 0 radical (unpaired) electrons. The lowest BCUT2D eigenvalue weighted by molar-refractivity contribution is 0.127. The van der Waals surface area contributed by atoms with Gasteiger partial charge in [0.05, 0.1) is 0 Å². The zero-order valence-electron chi connectivity index (χ0n) is 20.0. The molecule has 0 amide bonds. The molecule has 1 heterocycles. The number of likely N-dealkylation sites (N-methyl/N-ethyl adjacent to an activating group) is 1. The van der Waals surface area contributed by atoms with Crippen LogP contribution < -0.4 is 10.1 Å². The van der Waals surface area contributed by atoms with Gasteiger partial charge < -0.3 is 15.0 Å². The number of nitrogens with one attached hydrogen (secondary N) is 1. The average molecular weight is 494 g/mol. The van der Waals surface area contributed by atoms with Crippen LogP contribution in [0.15, 0.2) is 42.5 Å². The van der Waals surface area contributed by atoms with Crippen molar-refractivity contribution in [2.75, 3.05) is 65.5 Å². The van der Waals surface area contributed by atoms with Gasteiger partial charge in [0.15, 0.2) is 0 Å². The monoisotopic (exact) mass is 492 g/mol. The molecular weight excluding hydrogens is 455 g/mol. The standard InChI is InChI=1S/C26H38Cl2N4O/c1-3-30(4-2)16-17-33-26-19-25(28)9-8-23(26)20-29-10-11-31-12-14-32(15-13-31)21-22-6-5-7-24(27)18-22/h5-9,18-19,29H,3-4,10-17,20-21H2,1-2H3. The van der Waals surface area contributed by atoms with Gasteiger partial charge in [0, 0.05) is 74.5 Å². The van der Waals surface area contributed by atoms with Crippen LogP contribution in [0.5, 0.6) is 5.75 Å². The number of nitrogens with zero attached hydrogens (tertiary/aromatic N) is 3. The van der Waals surface area contributed by atoms with Crippen LogP contribution in [0.3, 0.4) is 0 Å². The summed E-state index contributed by atoms with van der Waals surface area (Å²) in [7, 11) is 0. The van der Waals surface area contributed by atoms with E-state index >= 15 is 0 Å². The fourth-order valence-corrected chi connectivity index (χ4v) is 4.53. The van der Waals surface area contributed by atoms with Crippen LogP contribution in [-0.4, -0.2) is 80.2 Å². The first-order chi connectivity index (χ1) is 16.1. The molecule has 7 heteroatoms. The highest BCUT2D eigenvalue weighted by molar-refractivity contribution is 6.31. The Morgan fingerprint density at radius 2 is 1.67 bits per heavy atom. The predicted octanol–water partition coefficient (Wildman–Crippen LogP) is 4.62. The molecule has 1 aliphatic heterocycles. The second-order valence-corrected chi connectivity index (χ2v) is 9.42. The average Bonchev–Trinajstić information content (AvgIpc) is 2.82. The number of rotatable bonds is 13. The van der Waals surface area contributed by atoms with Crippen LogP contribution in [0.4, 0.5) is 0 Å². The Morgan fingerprint density at radius 3 is 2.39 bits per heavy atom. The van der Waals surface area contributed by atoms with Crippen molar-refractivity contribution in [1.82, 2.24) is 20.0 Å². The van der Waals surface area contributed by atoms with E-state index in [2.05, 4.69) is 52.1 Å². The van der Waals surface area contributed by atoms with E-state index in [-0.39, 0.29) is 0 Å². The summed E-state index contributed by atoms with van der Waals surface area (Å²) in [6.07, 6.45) is 0. The van der Waals surface area contributed by atoms with E-state index in [1.54, 1.807) is 0 Å². The van der Waals surface area contributed by atoms with Gasteiger partial charge in [0.1, 0.15) is 12.4 Å². The van der Waals surface area contributed by atoms with Crippen LogP contribution in [0, 0.1) is 0 Å². The van der Waals surface area contributed by atoms with Gasteiger partial charge in [0.2, 0.25) is 0 Å². The molecule has 0 spiro atoms. The first-order valence-electron chi connectivity index (χ1n) is 12.1. The largest absolute Gasteiger partial charge is 0.492 e. The fraction of sp³-hybridized carbons (Fsp3) is 0.538. The van der Waals surface area contributed by atoms with Crippen LogP contribution in [0.2, 0.25) is 10.0 Å². The van der Waals surface area contributed by atoms with E-state index < -0.39 is 0 Å². The number of hydrogen-bond donors (Lipinski definition) is 1. The molecule has 1 aliphatic rings. The van der Waals surface area contributed by atoms with Crippen molar-refractivity contribution < 1.29 is 4.74 Å². The molecule has 1 fully saturated rings. The summed E-state index contributed by atoms with van der Waals surface area (Å²) < 4.78 is 6.08. The molecule has 33 heavy (non-hydrogen) atoms. The lowest BCUT2D eigenvalue weighted by Crippen LogP contribution is -2.47. The van der Waals surface area contributed by atoms with Gasteiger partial charge in [0.25, 0.3) is 0 Å². The molecule has 2 aromatic carbocycles. The SMILES string of the molecule is CCN(CC)CCOc1cc(Cl)ccc1CNCCN1CCN(Cc2cccc(Cl)c2)CC1. The van der Waals surface area contributed by atoms with Gasteiger partial charge in [-0.05, 0) is 42.9 Å². The van der Waals surface area contributed by atoms with E-state index in [1.165, 1.54) is 5.56 Å². The third-order valence-electron chi connectivity index (χ3n) is 6.27. The van der Waals surface area contributed by atoms with E-state index in [0.717, 1.165) is 88.3 Å². The minimum atomic E-state index is 0.675. The molecule has 1 N–H and O–H groups in total. The molecule has 5 nitrogen and oxygen atoms in total. The maximum absolute atomic E-state index is 6.22. The molecular formula is C26H38Cl2N4O. The van der Waals surface area contributed by atoms with Crippen molar-refractivity contribution >= 4 is 23.2 Å². The molecule has 3 rings (SSSR count). The van der Waals surface area contributed by atoms with Gasteiger partial charge in [-0.2, -0.15) is 0 Å². The van der Waals surface area contributed by atoms with Crippen molar-refractivity contribution in [1.29, 1.82) is 0 Å². The number of hydrogen-bond acceptors (Lipinski definition) is 5. The third-order valence-corrected chi connectivity index (χ3v) is 6.74. The van der Waals surface area contributed by atoms with Crippen molar-refractivity contribution in [3.05, 3.63) is 63.6 Å². The Hall–Kier alpha value is -1.34. The lowest BCUT2D eigenvalue weighted by atomic mass is 10.2. The number of benzene rings is 2. The van der Waals surface area contributed by atoms with Gasteiger partial charge in [-0.3, -0.25) is 9.80 Å². The molecule has 182 valence electrons. The maximum atomic E-state index is 6.22. The highest BCUT2D eigenvalue weighted by Gasteiger charge is 2.16. The van der Waals surface area contributed by atoms with Crippen LogP contribution in [-0.2, 0) is 13.1 Å². The predicted molar refractivity (Wildman–Crippen MR) is 140 cm³/mol. The second-order valence-electron chi connectivity index (χ2n) is 8.55. The molecule has 0 unspecified atom stereocenters. The summed E-state index contributed by atoms with van der Waals surface area (Å²) in [5.74, 6) is 0.886. The van der Waals surface area contributed by atoms with Crippen molar-refractivity contribution in [3.8, 4) is 5.75 Å². The smallest absolute Gasteiger partial charge is 0.125 e. The zero-order valence-corrected chi connectivity index (χ0v) is 21.5. The molecule has 0 aromatic heterocycles. The lowest BCUT2D eigenvalue weighted by Gasteiger charge is -2.34. The van der Waals surface area contributed by atoms with E-state index in [1.807, 2.05) is 24.3 Å². The van der Waals surface area contributed by atoms with Gasteiger partial charge >= 0.3 is 0 Å². The summed E-state index contributed by atoms with van der Waals surface area (Å²) >= 11 is 12.3. The Morgan fingerprint density at radius 1 is 0.939 bits per heavy atom. The minimum Gasteiger partial charge on any atom is -0.492 e. The number of piperazine rings is 1. The molecule has 2 aromatic rings. The Bertz CT molecular complexity index is 839. The first kappa shape index (κ1) is 26.3. The molecule has 1 saturated heterocycles. The van der Waals surface area contributed by atoms with Crippen LogP contribution in [0.1, 0.15) is 25.0 Å². The van der Waals surface area contributed by atoms with Crippen molar-refractivity contribution in [2.45, 2.75) is 26.9 Å². The topological polar surface area (TPSA) is 31.0 Å². The van der Waals surface area contributed by atoms with Crippen LogP contribution >= 0.6 is 23.2 Å². The molecule has 0 aliphatic carbocycles. The first-order valence-corrected chi connectivity index (χ1v) is 12.9. The quantitative estimate of drug-likeness (QED) is 0.412. The van der Waals surface area contributed by atoms with Gasteiger partial charge in [-0.25, -0.2) is 0 Å². The summed E-state index contributed by atoms with van der Waals surface area (Å²) in [6.45, 7) is 16.2. The highest BCUT2D eigenvalue weighted by atomic mass is 35.5. The van der Waals surface area contributed by atoms with Crippen molar-refractivity contribution in [2.24, 2.45) is 0 Å². The van der Waals surface area contributed by atoms with Crippen molar-refractivity contribution in [3.63, 3.8) is 0 Å². The summed E-state index contributed by atoms with van der Waals surface area (Å²) in [6, 6.07) is 14.1. The maximum Gasteiger partial charge on any atom is 0.125 e. The highest BCUT2D eigenvalue weighted by Crippen LogP contribution is 2.23. The van der Waals surface area contributed by atoms with Gasteiger partial charge in [-0.1, -0.05) is 55.2 Å². The summed E-state index contributed by atoms with van der Waals surface area (Å²) in [5, 5.41) is 5.11. The Balaban J connectivity index is 1.36. The number of halogens is 2. The fourth-order valence-electron chi connectivity index (χ4n) is 4.16. The van der Waals surface area contributed by atoms with E-state index in [9.17, 15) is 0 Å².